The molecule has 1 aliphatic rings. The summed E-state index contributed by atoms with van der Waals surface area (Å²) in [7, 11) is 0. The molecule has 0 aromatic carbocycles. The van der Waals surface area contributed by atoms with Crippen molar-refractivity contribution < 1.29 is 9.90 Å². The van der Waals surface area contributed by atoms with Gasteiger partial charge >= 0.3 is 0 Å². The maximum absolute atomic E-state index is 11.3. The van der Waals surface area contributed by atoms with E-state index in [2.05, 4.69) is 10.6 Å². The monoisotopic (exact) mass is 214 g/mol. The number of hydrogen-bond acceptors (Lipinski definition) is 3. The number of amides is 1. The largest absolute Gasteiger partial charge is 0.394 e. The standard InChI is InChI=1S/C11H22N2O2/c1-3-11(2,8-14)13-9-5-4-6-12-10(15)7-9/h9,13-14H,3-8H2,1-2H3,(H,12,15). The Hall–Kier alpha value is -0.610. The first-order valence-corrected chi connectivity index (χ1v) is 5.75. The van der Waals surface area contributed by atoms with E-state index in [0.717, 1.165) is 25.8 Å². The van der Waals surface area contributed by atoms with Gasteiger partial charge in [0.25, 0.3) is 0 Å². The average Bonchev–Trinajstić information content (AvgIpc) is 2.42. The van der Waals surface area contributed by atoms with Gasteiger partial charge in [-0.1, -0.05) is 6.92 Å². The van der Waals surface area contributed by atoms with Gasteiger partial charge in [0.2, 0.25) is 5.91 Å². The highest BCUT2D eigenvalue weighted by Crippen LogP contribution is 2.14. The second kappa shape index (κ2) is 5.47. The topological polar surface area (TPSA) is 61.4 Å². The second-order valence-electron chi connectivity index (χ2n) is 4.61. The van der Waals surface area contributed by atoms with Crippen molar-refractivity contribution in [2.75, 3.05) is 13.2 Å². The number of hydrogen-bond donors (Lipinski definition) is 3. The molecule has 0 spiro atoms. The molecule has 88 valence electrons. The quantitative estimate of drug-likeness (QED) is 0.635. The predicted octanol–water partition coefficient (Wildman–Crippen LogP) is 0.406. The molecule has 0 aromatic heterocycles. The van der Waals surface area contributed by atoms with Crippen molar-refractivity contribution >= 4 is 5.91 Å². The van der Waals surface area contributed by atoms with Crippen molar-refractivity contribution in [2.45, 2.75) is 51.1 Å². The molecule has 1 rings (SSSR count). The summed E-state index contributed by atoms with van der Waals surface area (Å²) >= 11 is 0. The summed E-state index contributed by atoms with van der Waals surface area (Å²) in [4.78, 5) is 11.3. The summed E-state index contributed by atoms with van der Waals surface area (Å²) in [5.41, 5.74) is -0.255. The van der Waals surface area contributed by atoms with Crippen LogP contribution >= 0.6 is 0 Å². The lowest BCUT2D eigenvalue weighted by Crippen LogP contribution is -2.51. The van der Waals surface area contributed by atoms with Gasteiger partial charge in [-0.25, -0.2) is 0 Å². The van der Waals surface area contributed by atoms with Crippen LogP contribution in [0.3, 0.4) is 0 Å². The number of carbonyl (C=O) groups is 1. The third-order valence-corrected chi connectivity index (χ3v) is 3.17. The number of nitrogens with one attached hydrogen (secondary N) is 2. The molecule has 0 radical (unpaired) electrons. The van der Waals surface area contributed by atoms with E-state index >= 15 is 0 Å². The molecule has 1 fully saturated rings. The molecule has 2 atom stereocenters. The second-order valence-corrected chi connectivity index (χ2v) is 4.61. The minimum absolute atomic E-state index is 0.112. The van der Waals surface area contributed by atoms with Crippen LogP contribution in [0.15, 0.2) is 0 Å². The van der Waals surface area contributed by atoms with Crippen LogP contribution in [-0.4, -0.2) is 35.7 Å². The molecule has 4 nitrogen and oxygen atoms in total. The zero-order valence-corrected chi connectivity index (χ0v) is 9.68. The molecule has 3 N–H and O–H groups in total. The van der Waals surface area contributed by atoms with Gasteiger partial charge in [0.15, 0.2) is 0 Å². The Morgan fingerprint density at radius 1 is 1.67 bits per heavy atom. The molecule has 1 saturated heterocycles. The van der Waals surface area contributed by atoms with Gasteiger partial charge in [-0.2, -0.15) is 0 Å². The summed E-state index contributed by atoms with van der Waals surface area (Å²) in [5, 5.41) is 15.5. The van der Waals surface area contributed by atoms with Gasteiger partial charge in [-0.05, 0) is 26.2 Å². The van der Waals surface area contributed by atoms with Crippen molar-refractivity contribution in [3.63, 3.8) is 0 Å². The van der Waals surface area contributed by atoms with E-state index in [9.17, 15) is 9.90 Å². The third-order valence-electron chi connectivity index (χ3n) is 3.17. The van der Waals surface area contributed by atoms with Gasteiger partial charge < -0.3 is 15.7 Å². The lowest BCUT2D eigenvalue weighted by atomic mass is 9.96. The minimum atomic E-state index is -0.255. The smallest absolute Gasteiger partial charge is 0.221 e. The van der Waals surface area contributed by atoms with Crippen molar-refractivity contribution in [1.29, 1.82) is 0 Å². The SMILES string of the molecule is CCC(C)(CO)NC1CCCNC(=O)C1. The molecule has 0 aliphatic carbocycles. The molecule has 0 aromatic rings. The number of carbonyl (C=O) groups excluding carboxylic acids is 1. The van der Waals surface area contributed by atoms with E-state index in [1.165, 1.54) is 0 Å². The van der Waals surface area contributed by atoms with Crippen LogP contribution in [0.1, 0.15) is 39.5 Å². The molecule has 0 bridgehead atoms. The molecule has 15 heavy (non-hydrogen) atoms. The zero-order valence-electron chi connectivity index (χ0n) is 9.68. The first kappa shape index (κ1) is 12.5. The number of aliphatic hydroxyl groups excluding tert-OH is 1. The van der Waals surface area contributed by atoms with Gasteiger partial charge in [-0.3, -0.25) is 4.79 Å². The lowest BCUT2D eigenvalue weighted by Gasteiger charge is -2.32. The lowest BCUT2D eigenvalue weighted by molar-refractivity contribution is -0.121. The van der Waals surface area contributed by atoms with Crippen molar-refractivity contribution in [3.8, 4) is 0 Å². The van der Waals surface area contributed by atoms with Crippen LogP contribution in [0.2, 0.25) is 0 Å². The number of aliphatic hydroxyl groups is 1. The van der Waals surface area contributed by atoms with Crippen LogP contribution in [-0.2, 0) is 4.79 Å². The Morgan fingerprint density at radius 3 is 3.00 bits per heavy atom. The van der Waals surface area contributed by atoms with Crippen molar-refractivity contribution in [3.05, 3.63) is 0 Å². The summed E-state index contributed by atoms with van der Waals surface area (Å²) in [5.74, 6) is 0.112. The number of rotatable bonds is 4. The highest BCUT2D eigenvalue weighted by atomic mass is 16.3. The van der Waals surface area contributed by atoms with Crippen LogP contribution in [0.25, 0.3) is 0 Å². The first-order chi connectivity index (χ1) is 7.09. The highest BCUT2D eigenvalue weighted by Gasteiger charge is 2.26. The fourth-order valence-corrected chi connectivity index (χ4v) is 1.85. The Labute approximate surface area is 91.4 Å². The molecule has 1 aliphatic heterocycles. The summed E-state index contributed by atoms with van der Waals surface area (Å²) in [6, 6.07) is 0.199. The Morgan fingerprint density at radius 2 is 2.40 bits per heavy atom. The van der Waals surface area contributed by atoms with E-state index in [4.69, 9.17) is 0 Å². The Balaban J connectivity index is 2.51. The Kier molecular flexibility index (Phi) is 4.54. The third kappa shape index (κ3) is 3.80. The molecule has 2 unspecified atom stereocenters. The summed E-state index contributed by atoms with van der Waals surface area (Å²) in [6.45, 7) is 4.93. The van der Waals surface area contributed by atoms with Crippen LogP contribution in [0, 0.1) is 0 Å². The van der Waals surface area contributed by atoms with Gasteiger partial charge in [0, 0.05) is 24.5 Å². The van der Waals surface area contributed by atoms with E-state index < -0.39 is 0 Å². The average molecular weight is 214 g/mol. The highest BCUT2D eigenvalue weighted by molar-refractivity contribution is 5.76. The molecule has 1 heterocycles. The first-order valence-electron chi connectivity index (χ1n) is 5.75. The minimum Gasteiger partial charge on any atom is -0.394 e. The van der Waals surface area contributed by atoms with E-state index in [1.54, 1.807) is 0 Å². The van der Waals surface area contributed by atoms with E-state index in [1.807, 2.05) is 13.8 Å². The molecular weight excluding hydrogens is 192 g/mol. The van der Waals surface area contributed by atoms with Gasteiger partial charge in [0.1, 0.15) is 0 Å². The molecular formula is C11H22N2O2. The fourth-order valence-electron chi connectivity index (χ4n) is 1.85. The predicted molar refractivity (Wildman–Crippen MR) is 59.6 cm³/mol. The van der Waals surface area contributed by atoms with Crippen molar-refractivity contribution in [1.82, 2.24) is 10.6 Å². The molecule has 4 heteroatoms. The summed E-state index contributed by atoms with van der Waals surface area (Å²) in [6.07, 6.45) is 3.39. The van der Waals surface area contributed by atoms with Gasteiger partial charge in [0.05, 0.1) is 6.61 Å². The normalized spacial score (nSPS) is 26.6. The van der Waals surface area contributed by atoms with Crippen LogP contribution in [0.4, 0.5) is 0 Å². The zero-order chi connectivity index (χ0) is 11.3. The molecule has 1 amide bonds. The maximum Gasteiger partial charge on any atom is 0.221 e. The van der Waals surface area contributed by atoms with Crippen molar-refractivity contribution in [2.24, 2.45) is 0 Å². The fraction of sp³-hybridized carbons (Fsp3) is 0.909. The maximum atomic E-state index is 11.3. The van der Waals surface area contributed by atoms with Gasteiger partial charge in [-0.15, -0.1) is 0 Å². The summed E-state index contributed by atoms with van der Waals surface area (Å²) < 4.78 is 0. The Bertz CT molecular complexity index is 215. The molecule has 0 saturated carbocycles. The van der Waals surface area contributed by atoms with E-state index in [0.29, 0.717) is 6.42 Å². The van der Waals surface area contributed by atoms with E-state index in [-0.39, 0.29) is 24.1 Å². The van der Waals surface area contributed by atoms with Crippen LogP contribution < -0.4 is 10.6 Å². The van der Waals surface area contributed by atoms with Crippen LogP contribution in [0.5, 0.6) is 0 Å².